The van der Waals surface area contributed by atoms with Crippen LogP contribution in [0.5, 0.6) is 0 Å². The third kappa shape index (κ3) is 2.98. The molecule has 0 aliphatic carbocycles. The molecule has 112 valence electrons. The van der Waals surface area contributed by atoms with E-state index < -0.39 is 16.1 Å². The zero-order valence-electron chi connectivity index (χ0n) is 11.6. The van der Waals surface area contributed by atoms with Crippen molar-refractivity contribution >= 4 is 21.6 Å². The first kappa shape index (κ1) is 15.7. The second kappa shape index (κ2) is 5.97. The maximum Gasteiger partial charge on any atom is 0.244 e. The minimum absolute atomic E-state index is 0.131. The molecular formula is C13H19ClN2O3S. The fraction of sp³-hybridized carbons (Fsp3) is 0.615. The van der Waals surface area contributed by atoms with Gasteiger partial charge < -0.3 is 5.11 Å². The van der Waals surface area contributed by atoms with E-state index in [1.165, 1.54) is 16.6 Å². The standard InChI is InChI=1S/C13H19ClN2O3S/c1-9-7-11(8-15-13(9)14)20(18,19)16-6-4-3-5-12(16)10(2)17/h7-8,10,12,17H,3-6H2,1-2H3. The summed E-state index contributed by atoms with van der Waals surface area (Å²) in [5, 5.41) is 10.1. The Balaban J connectivity index is 2.39. The van der Waals surface area contributed by atoms with Gasteiger partial charge in [-0.05, 0) is 38.3 Å². The monoisotopic (exact) mass is 318 g/mol. The summed E-state index contributed by atoms with van der Waals surface area (Å²) >= 11 is 5.84. The van der Waals surface area contributed by atoms with Gasteiger partial charge in [0.05, 0.1) is 12.1 Å². The zero-order chi connectivity index (χ0) is 14.9. The average molecular weight is 319 g/mol. The number of hydrogen-bond acceptors (Lipinski definition) is 4. The highest BCUT2D eigenvalue weighted by Crippen LogP contribution is 2.28. The van der Waals surface area contributed by atoms with Crippen molar-refractivity contribution in [3.8, 4) is 0 Å². The van der Waals surface area contributed by atoms with Crippen LogP contribution in [-0.2, 0) is 10.0 Å². The quantitative estimate of drug-likeness (QED) is 0.865. The molecule has 1 aromatic heterocycles. The first-order chi connectivity index (χ1) is 9.34. The second-order valence-corrected chi connectivity index (χ2v) is 7.45. The molecule has 2 heterocycles. The van der Waals surface area contributed by atoms with E-state index in [0.29, 0.717) is 23.7 Å². The smallest absolute Gasteiger partial charge is 0.244 e. The lowest BCUT2D eigenvalue weighted by atomic mass is 10.0. The Morgan fingerprint density at radius 1 is 1.50 bits per heavy atom. The van der Waals surface area contributed by atoms with Crippen molar-refractivity contribution < 1.29 is 13.5 Å². The highest BCUT2D eigenvalue weighted by molar-refractivity contribution is 7.89. The van der Waals surface area contributed by atoms with Gasteiger partial charge in [-0.1, -0.05) is 18.0 Å². The molecule has 1 fully saturated rings. The zero-order valence-corrected chi connectivity index (χ0v) is 13.2. The Kier molecular flexibility index (Phi) is 4.69. The van der Waals surface area contributed by atoms with E-state index in [4.69, 9.17) is 11.6 Å². The van der Waals surface area contributed by atoms with Crippen molar-refractivity contribution in [2.45, 2.75) is 50.2 Å². The fourth-order valence-corrected chi connectivity index (χ4v) is 4.41. The molecule has 0 saturated carbocycles. The summed E-state index contributed by atoms with van der Waals surface area (Å²) in [5.74, 6) is 0. The molecule has 0 spiro atoms. The van der Waals surface area contributed by atoms with Crippen LogP contribution in [0.2, 0.25) is 5.15 Å². The van der Waals surface area contributed by atoms with Crippen molar-refractivity contribution in [3.63, 3.8) is 0 Å². The van der Waals surface area contributed by atoms with Crippen molar-refractivity contribution in [1.29, 1.82) is 0 Å². The molecule has 0 radical (unpaired) electrons. The van der Waals surface area contributed by atoms with Gasteiger partial charge in [-0.2, -0.15) is 4.31 Å². The van der Waals surface area contributed by atoms with Gasteiger partial charge in [0.1, 0.15) is 10.0 Å². The Hall–Kier alpha value is -0.690. The molecule has 1 aromatic rings. The van der Waals surface area contributed by atoms with E-state index in [1.54, 1.807) is 13.8 Å². The fourth-order valence-electron chi connectivity index (χ4n) is 2.52. The first-order valence-corrected chi connectivity index (χ1v) is 8.48. The van der Waals surface area contributed by atoms with Crippen molar-refractivity contribution in [3.05, 3.63) is 23.0 Å². The molecule has 7 heteroatoms. The number of sulfonamides is 1. The molecule has 1 N–H and O–H groups in total. The normalized spacial score (nSPS) is 22.7. The second-order valence-electron chi connectivity index (χ2n) is 5.20. The van der Waals surface area contributed by atoms with Crippen LogP contribution >= 0.6 is 11.6 Å². The van der Waals surface area contributed by atoms with Gasteiger partial charge >= 0.3 is 0 Å². The topological polar surface area (TPSA) is 70.5 Å². The van der Waals surface area contributed by atoms with Crippen LogP contribution in [0.3, 0.4) is 0 Å². The van der Waals surface area contributed by atoms with Crippen LogP contribution in [0, 0.1) is 6.92 Å². The number of rotatable bonds is 3. The van der Waals surface area contributed by atoms with Gasteiger partial charge in [0.15, 0.2) is 0 Å². The third-order valence-corrected chi connectivity index (χ3v) is 5.94. The number of nitrogens with zero attached hydrogens (tertiary/aromatic N) is 2. The lowest BCUT2D eigenvalue weighted by Crippen LogP contribution is -2.48. The number of aryl methyl sites for hydroxylation is 1. The molecule has 0 aromatic carbocycles. The lowest BCUT2D eigenvalue weighted by Gasteiger charge is -2.36. The number of pyridine rings is 1. The van der Waals surface area contributed by atoms with Crippen LogP contribution in [0.4, 0.5) is 0 Å². The van der Waals surface area contributed by atoms with Gasteiger partial charge in [0.25, 0.3) is 0 Å². The Bertz CT molecular complexity index is 589. The highest BCUT2D eigenvalue weighted by Gasteiger charge is 2.36. The summed E-state index contributed by atoms with van der Waals surface area (Å²) in [4.78, 5) is 4.04. The molecule has 2 unspecified atom stereocenters. The Morgan fingerprint density at radius 3 is 2.80 bits per heavy atom. The van der Waals surface area contributed by atoms with Crippen LogP contribution in [0.15, 0.2) is 17.2 Å². The predicted molar refractivity (Wildman–Crippen MR) is 77.2 cm³/mol. The number of piperidine rings is 1. The highest BCUT2D eigenvalue weighted by atomic mass is 35.5. The van der Waals surface area contributed by atoms with Crippen molar-refractivity contribution in [1.82, 2.24) is 9.29 Å². The molecule has 1 aliphatic rings. The SMILES string of the molecule is Cc1cc(S(=O)(=O)N2CCCCC2C(C)O)cnc1Cl. The van der Waals surface area contributed by atoms with Gasteiger partial charge in [-0.3, -0.25) is 0 Å². The van der Waals surface area contributed by atoms with Gasteiger partial charge in [-0.15, -0.1) is 0 Å². The molecule has 2 rings (SSSR count). The molecule has 1 aliphatic heterocycles. The predicted octanol–water partition coefficient (Wildman–Crippen LogP) is 1.97. The minimum atomic E-state index is -3.64. The number of halogens is 1. The van der Waals surface area contributed by atoms with Crippen LogP contribution in [0.25, 0.3) is 0 Å². The van der Waals surface area contributed by atoms with Crippen LogP contribution in [0.1, 0.15) is 31.7 Å². The number of aliphatic hydroxyl groups excluding tert-OH is 1. The molecular weight excluding hydrogens is 300 g/mol. The molecule has 0 amide bonds. The number of aliphatic hydroxyl groups is 1. The summed E-state index contributed by atoms with van der Waals surface area (Å²) in [6, 6.07) is 1.16. The number of aromatic nitrogens is 1. The van der Waals surface area contributed by atoms with Gasteiger partial charge in [0, 0.05) is 12.7 Å². The van der Waals surface area contributed by atoms with Crippen LogP contribution in [-0.4, -0.2) is 41.5 Å². The maximum absolute atomic E-state index is 12.7. The van der Waals surface area contributed by atoms with Gasteiger partial charge in [-0.25, -0.2) is 13.4 Å². The van der Waals surface area contributed by atoms with Crippen molar-refractivity contribution in [2.75, 3.05) is 6.54 Å². The van der Waals surface area contributed by atoms with E-state index in [1.807, 2.05) is 0 Å². The van der Waals surface area contributed by atoms with E-state index in [0.717, 1.165) is 12.8 Å². The Morgan fingerprint density at radius 2 is 2.20 bits per heavy atom. The van der Waals surface area contributed by atoms with Crippen molar-refractivity contribution in [2.24, 2.45) is 0 Å². The summed E-state index contributed by atoms with van der Waals surface area (Å²) in [7, 11) is -3.64. The van der Waals surface area contributed by atoms with Gasteiger partial charge in [0.2, 0.25) is 10.0 Å². The minimum Gasteiger partial charge on any atom is -0.392 e. The molecule has 2 atom stereocenters. The van der Waals surface area contributed by atoms with Crippen LogP contribution < -0.4 is 0 Å². The lowest BCUT2D eigenvalue weighted by molar-refractivity contribution is 0.0831. The average Bonchev–Trinajstić information content (AvgIpc) is 2.41. The Labute approximate surface area is 124 Å². The largest absolute Gasteiger partial charge is 0.392 e. The van der Waals surface area contributed by atoms with E-state index in [9.17, 15) is 13.5 Å². The summed E-state index contributed by atoms with van der Waals surface area (Å²) in [6.07, 6.45) is 3.00. The van der Waals surface area contributed by atoms with E-state index >= 15 is 0 Å². The summed E-state index contributed by atoms with van der Waals surface area (Å²) in [6.45, 7) is 3.78. The molecule has 5 nitrogen and oxygen atoms in total. The third-order valence-electron chi connectivity index (χ3n) is 3.65. The first-order valence-electron chi connectivity index (χ1n) is 6.66. The molecule has 0 bridgehead atoms. The van der Waals surface area contributed by atoms with E-state index in [2.05, 4.69) is 4.98 Å². The summed E-state index contributed by atoms with van der Waals surface area (Å²) < 4.78 is 26.8. The summed E-state index contributed by atoms with van der Waals surface area (Å²) in [5.41, 5.74) is 0.623. The molecule has 1 saturated heterocycles. The van der Waals surface area contributed by atoms with E-state index in [-0.39, 0.29) is 10.9 Å². The molecule has 20 heavy (non-hydrogen) atoms. The number of hydrogen-bond donors (Lipinski definition) is 1. The maximum atomic E-state index is 12.7.